The molecule has 3 amide bonds. The highest BCUT2D eigenvalue weighted by atomic mass is 32.2. The second-order valence-electron chi connectivity index (χ2n) is 10.8. The minimum absolute atomic E-state index is 0.0520. The fourth-order valence-corrected chi connectivity index (χ4v) is 5.79. The van der Waals surface area contributed by atoms with E-state index in [1.807, 2.05) is 32.0 Å². The number of fused-ring (bicyclic) bond motifs is 1. The Bertz CT molecular complexity index is 1500. The summed E-state index contributed by atoms with van der Waals surface area (Å²) in [6.07, 6.45) is -0.562. The lowest BCUT2D eigenvalue weighted by Gasteiger charge is -2.34. The summed E-state index contributed by atoms with van der Waals surface area (Å²) in [5.41, 5.74) is 2.39. The van der Waals surface area contributed by atoms with Crippen molar-refractivity contribution < 1.29 is 27.9 Å². The van der Waals surface area contributed by atoms with Crippen molar-refractivity contribution in [3.8, 4) is 5.75 Å². The van der Waals surface area contributed by atoms with E-state index in [1.165, 1.54) is 17.0 Å². The van der Waals surface area contributed by atoms with Gasteiger partial charge in [0, 0.05) is 36.4 Å². The quantitative estimate of drug-likeness (QED) is 0.360. The number of carbonyl (C=O) groups excluding carboxylic acids is 2. The van der Waals surface area contributed by atoms with Crippen molar-refractivity contribution in [1.82, 2.24) is 9.80 Å². The maximum atomic E-state index is 13.5. The summed E-state index contributed by atoms with van der Waals surface area (Å²) < 4.78 is 35.1. The van der Waals surface area contributed by atoms with Crippen LogP contribution in [0.5, 0.6) is 5.75 Å². The van der Waals surface area contributed by atoms with Gasteiger partial charge in [-0.05, 0) is 56.3 Å². The van der Waals surface area contributed by atoms with Gasteiger partial charge >= 0.3 is 6.03 Å². The fourth-order valence-electron chi connectivity index (χ4n) is 4.74. The number of para-hydroxylation sites is 1. The zero-order chi connectivity index (χ0) is 30.4. The molecule has 4 rings (SSSR count). The summed E-state index contributed by atoms with van der Waals surface area (Å²) >= 11 is 0. The lowest BCUT2D eigenvalue weighted by molar-refractivity contribution is -0.134. The van der Waals surface area contributed by atoms with Crippen LogP contribution in [0.1, 0.15) is 25.0 Å². The van der Waals surface area contributed by atoms with Crippen LogP contribution < -0.4 is 14.8 Å². The standard InChI is InChI=1S/C31H38N4O6S/c1-21-10-13-27(14-11-21)42(39,40)33-26-12-15-28-24(16-26)17-30(37)35(23(3)20-36)18-22(2)29(41-28)19-34(4)31(38)32-25-8-6-5-7-9-25/h5-16,22-23,29,33,36H,17-20H2,1-4H3,(H,32,38)/t22-,23+,29+/m0/s1. The van der Waals surface area contributed by atoms with Crippen LogP contribution in [-0.2, 0) is 21.2 Å². The number of nitrogens with zero attached hydrogens (tertiary/aromatic N) is 2. The Morgan fingerprint density at radius 2 is 1.79 bits per heavy atom. The van der Waals surface area contributed by atoms with Crippen LogP contribution in [0.2, 0.25) is 0 Å². The molecule has 224 valence electrons. The van der Waals surface area contributed by atoms with Gasteiger partial charge in [0.05, 0.1) is 30.5 Å². The molecule has 0 aromatic heterocycles. The molecule has 0 bridgehead atoms. The van der Waals surface area contributed by atoms with E-state index in [0.29, 0.717) is 23.5 Å². The highest BCUT2D eigenvalue weighted by Crippen LogP contribution is 2.30. The van der Waals surface area contributed by atoms with E-state index < -0.39 is 22.2 Å². The van der Waals surface area contributed by atoms with Crippen LogP contribution >= 0.6 is 0 Å². The molecule has 0 saturated heterocycles. The van der Waals surface area contributed by atoms with E-state index >= 15 is 0 Å². The van der Waals surface area contributed by atoms with Gasteiger partial charge in [-0.25, -0.2) is 13.2 Å². The molecule has 0 unspecified atom stereocenters. The van der Waals surface area contributed by atoms with Gasteiger partial charge in [-0.3, -0.25) is 9.52 Å². The molecule has 0 aliphatic carbocycles. The maximum Gasteiger partial charge on any atom is 0.321 e. The fraction of sp³-hybridized carbons (Fsp3) is 0.355. The number of aliphatic hydroxyl groups is 1. The minimum atomic E-state index is -3.86. The zero-order valence-electron chi connectivity index (χ0n) is 24.3. The third-order valence-corrected chi connectivity index (χ3v) is 8.72. The molecule has 3 atom stereocenters. The third-order valence-electron chi connectivity index (χ3n) is 7.33. The number of hydrogen-bond acceptors (Lipinski definition) is 6. The molecule has 42 heavy (non-hydrogen) atoms. The summed E-state index contributed by atoms with van der Waals surface area (Å²) in [6, 6.07) is 19.7. The molecule has 1 aliphatic heterocycles. The van der Waals surface area contributed by atoms with Crippen molar-refractivity contribution in [3.63, 3.8) is 0 Å². The van der Waals surface area contributed by atoms with Crippen LogP contribution in [-0.4, -0.2) is 74.2 Å². The van der Waals surface area contributed by atoms with Crippen molar-refractivity contribution >= 4 is 33.3 Å². The van der Waals surface area contributed by atoms with Gasteiger partial charge in [0.15, 0.2) is 0 Å². The Morgan fingerprint density at radius 1 is 1.10 bits per heavy atom. The summed E-state index contributed by atoms with van der Waals surface area (Å²) in [6.45, 7) is 5.89. The number of ether oxygens (including phenoxy) is 1. The average Bonchev–Trinajstić information content (AvgIpc) is 3.00. The van der Waals surface area contributed by atoms with E-state index in [2.05, 4.69) is 10.0 Å². The summed E-state index contributed by atoms with van der Waals surface area (Å²) in [4.78, 5) is 29.7. The van der Waals surface area contributed by atoms with E-state index in [1.54, 1.807) is 61.3 Å². The summed E-state index contributed by atoms with van der Waals surface area (Å²) in [5, 5.41) is 12.7. The maximum absolute atomic E-state index is 13.5. The summed E-state index contributed by atoms with van der Waals surface area (Å²) in [5.74, 6) is -0.00272. The molecular weight excluding hydrogens is 556 g/mol. The molecule has 0 spiro atoms. The van der Waals surface area contributed by atoms with Crippen molar-refractivity contribution in [2.75, 3.05) is 36.8 Å². The Labute approximate surface area is 247 Å². The molecule has 10 nitrogen and oxygen atoms in total. The largest absolute Gasteiger partial charge is 0.488 e. The van der Waals surface area contributed by atoms with Gasteiger partial charge in [-0.2, -0.15) is 0 Å². The zero-order valence-corrected chi connectivity index (χ0v) is 25.1. The Morgan fingerprint density at radius 3 is 2.45 bits per heavy atom. The Balaban J connectivity index is 1.62. The number of anilines is 2. The van der Waals surface area contributed by atoms with Crippen LogP contribution in [0.25, 0.3) is 0 Å². The van der Waals surface area contributed by atoms with Gasteiger partial charge in [0.1, 0.15) is 11.9 Å². The first kappa shape index (κ1) is 30.9. The molecular formula is C31H38N4O6S. The monoisotopic (exact) mass is 594 g/mol. The number of sulfonamides is 1. The Hall–Kier alpha value is -4.09. The molecule has 1 aliphatic rings. The lowest BCUT2D eigenvalue weighted by Crippen LogP contribution is -2.48. The summed E-state index contributed by atoms with van der Waals surface area (Å²) in [7, 11) is -2.19. The number of likely N-dealkylation sites (N-methyl/N-ethyl adjacent to an activating group) is 1. The number of carbonyl (C=O) groups is 2. The second kappa shape index (κ2) is 13.3. The van der Waals surface area contributed by atoms with Crippen molar-refractivity contribution in [2.24, 2.45) is 5.92 Å². The number of nitrogens with one attached hydrogen (secondary N) is 2. The smallest absolute Gasteiger partial charge is 0.321 e. The number of amides is 3. The van der Waals surface area contributed by atoms with Crippen molar-refractivity contribution in [2.45, 2.75) is 44.2 Å². The second-order valence-corrected chi connectivity index (χ2v) is 12.5. The molecule has 0 saturated carbocycles. The number of urea groups is 1. The topological polar surface area (TPSA) is 128 Å². The predicted octanol–water partition coefficient (Wildman–Crippen LogP) is 4.11. The average molecular weight is 595 g/mol. The lowest BCUT2D eigenvalue weighted by atomic mass is 10.0. The highest BCUT2D eigenvalue weighted by Gasteiger charge is 2.32. The third kappa shape index (κ3) is 7.59. The molecule has 0 fully saturated rings. The molecule has 1 heterocycles. The molecule has 0 radical (unpaired) electrons. The normalized spacial score (nSPS) is 18.0. The SMILES string of the molecule is Cc1ccc(S(=O)(=O)Nc2ccc3c(c2)CC(=O)N([C@H](C)CO)C[C@H](C)[C@@H](CN(C)C(=O)Nc2ccccc2)O3)cc1. The van der Waals surface area contributed by atoms with Gasteiger partial charge in [-0.15, -0.1) is 0 Å². The predicted molar refractivity (Wildman–Crippen MR) is 162 cm³/mol. The van der Waals surface area contributed by atoms with E-state index in [0.717, 1.165) is 5.56 Å². The van der Waals surface area contributed by atoms with Crippen LogP contribution in [0.4, 0.5) is 16.2 Å². The van der Waals surface area contributed by atoms with E-state index in [-0.39, 0.29) is 48.0 Å². The first-order valence-electron chi connectivity index (χ1n) is 13.8. The van der Waals surface area contributed by atoms with Gasteiger partial charge in [0.25, 0.3) is 10.0 Å². The Kier molecular flexibility index (Phi) is 9.74. The number of hydrogen-bond donors (Lipinski definition) is 3. The van der Waals surface area contributed by atoms with Crippen molar-refractivity contribution in [1.29, 1.82) is 0 Å². The first-order chi connectivity index (χ1) is 20.0. The molecule has 3 aromatic carbocycles. The van der Waals surface area contributed by atoms with Crippen LogP contribution in [0, 0.1) is 12.8 Å². The van der Waals surface area contributed by atoms with E-state index in [4.69, 9.17) is 4.74 Å². The first-order valence-corrected chi connectivity index (χ1v) is 15.3. The number of aliphatic hydroxyl groups excluding tert-OH is 1. The number of aryl methyl sites for hydroxylation is 1. The molecule has 3 aromatic rings. The van der Waals surface area contributed by atoms with Gasteiger partial charge < -0.3 is 25.0 Å². The molecule has 3 N–H and O–H groups in total. The van der Waals surface area contributed by atoms with Gasteiger partial charge in [-0.1, -0.05) is 42.8 Å². The highest BCUT2D eigenvalue weighted by molar-refractivity contribution is 7.92. The van der Waals surface area contributed by atoms with Crippen molar-refractivity contribution in [3.05, 3.63) is 83.9 Å². The van der Waals surface area contributed by atoms with Crippen LogP contribution in [0.3, 0.4) is 0 Å². The number of benzene rings is 3. The minimum Gasteiger partial charge on any atom is -0.488 e. The van der Waals surface area contributed by atoms with Crippen LogP contribution in [0.15, 0.2) is 77.7 Å². The number of rotatable bonds is 8. The van der Waals surface area contributed by atoms with Gasteiger partial charge in [0.2, 0.25) is 5.91 Å². The van der Waals surface area contributed by atoms with E-state index in [9.17, 15) is 23.1 Å². The molecule has 11 heteroatoms.